The molecule has 0 unspecified atom stereocenters. The summed E-state index contributed by atoms with van der Waals surface area (Å²) in [6, 6.07) is 15.1. The number of nitriles is 1. The van der Waals surface area contributed by atoms with E-state index in [4.69, 9.17) is 10.1 Å². The number of benzene rings is 2. The van der Waals surface area contributed by atoms with Crippen LogP contribution in [0.2, 0.25) is 0 Å². The molecule has 5 atom stereocenters. The third kappa shape index (κ3) is 3.40. The van der Waals surface area contributed by atoms with Gasteiger partial charge in [0, 0.05) is 5.56 Å². The summed E-state index contributed by atoms with van der Waals surface area (Å²) in [6.07, 6.45) is 4.64. The molecule has 2 aromatic rings. The van der Waals surface area contributed by atoms with E-state index in [0.29, 0.717) is 29.9 Å². The van der Waals surface area contributed by atoms with Crippen molar-refractivity contribution in [1.82, 2.24) is 0 Å². The molecule has 2 fully saturated rings. The first-order chi connectivity index (χ1) is 15.0. The number of hydrogen-bond donors (Lipinski definition) is 2. The van der Waals surface area contributed by atoms with Gasteiger partial charge >= 0.3 is 0 Å². The summed E-state index contributed by atoms with van der Waals surface area (Å²) in [5, 5.41) is 34.3. The van der Waals surface area contributed by atoms with Crippen molar-refractivity contribution in [1.29, 1.82) is 5.26 Å². The van der Waals surface area contributed by atoms with Gasteiger partial charge in [-0.2, -0.15) is 5.26 Å². The summed E-state index contributed by atoms with van der Waals surface area (Å²) in [7, 11) is 0. The van der Waals surface area contributed by atoms with E-state index >= 15 is 0 Å². The van der Waals surface area contributed by atoms with Crippen molar-refractivity contribution in [2.24, 2.45) is 22.4 Å². The van der Waals surface area contributed by atoms with E-state index in [-0.39, 0.29) is 17.3 Å². The molecule has 2 saturated carbocycles. The van der Waals surface area contributed by atoms with Crippen LogP contribution in [-0.4, -0.2) is 22.0 Å². The van der Waals surface area contributed by atoms with Crippen molar-refractivity contribution in [2.75, 3.05) is 0 Å². The van der Waals surface area contributed by atoms with Gasteiger partial charge in [0.1, 0.15) is 12.4 Å². The van der Waals surface area contributed by atoms with E-state index in [1.807, 2.05) is 24.3 Å². The Morgan fingerprint density at radius 1 is 1.16 bits per heavy atom. The zero-order valence-electron chi connectivity index (χ0n) is 17.8. The topological polar surface area (TPSA) is 85.8 Å². The molecule has 5 nitrogen and oxygen atoms in total. The van der Waals surface area contributed by atoms with Crippen LogP contribution < -0.4 is 0 Å². The highest BCUT2D eigenvalue weighted by atomic mass is 16.6. The van der Waals surface area contributed by atoms with Gasteiger partial charge in [0.15, 0.2) is 0 Å². The van der Waals surface area contributed by atoms with Crippen LogP contribution >= 0.6 is 0 Å². The normalized spacial score (nSPS) is 32.6. The van der Waals surface area contributed by atoms with Crippen molar-refractivity contribution in [2.45, 2.75) is 57.7 Å². The Bertz CT molecular complexity index is 1060. The summed E-state index contributed by atoms with van der Waals surface area (Å²) in [5.41, 5.74) is 4.69. The zero-order valence-corrected chi connectivity index (χ0v) is 17.8. The molecular weight excluding hydrogens is 388 g/mol. The number of aliphatic hydroxyl groups is 1. The number of phenols is 1. The first-order valence-corrected chi connectivity index (χ1v) is 11.2. The highest BCUT2D eigenvalue weighted by Gasteiger charge is 2.55. The van der Waals surface area contributed by atoms with Crippen LogP contribution in [0.5, 0.6) is 5.75 Å². The Balaban J connectivity index is 1.43. The maximum absolute atomic E-state index is 10.7. The first kappa shape index (κ1) is 20.1. The minimum Gasteiger partial charge on any atom is -0.508 e. The molecule has 0 radical (unpaired) electrons. The SMILES string of the molecule is C[C@]12CC[C@@H]3c4ccc(O)cc4/C(=N/OCc4ccc(C#N)cc4)C[C@H]3[C@@H]1CC[C@@H]2O. The summed E-state index contributed by atoms with van der Waals surface area (Å²) in [4.78, 5) is 5.74. The smallest absolute Gasteiger partial charge is 0.142 e. The summed E-state index contributed by atoms with van der Waals surface area (Å²) in [5.74, 6) is 1.60. The van der Waals surface area contributed by atoms with Crippen molar-refractivity contribution in [3.63, 3.8) is 0 Å². The van der Waals surface area contributed by atoms with Gasteiger partial charge in [-0.05, 0) is 90.7 Å². The molecule has 0 aliphatic heterocycles. The molecule has 31 heavy (non-hydrogen) atoms. The van der Waals surface area contributed by atoms with Crippen LogP contribution in [0, 0.1) is 28.6 Å². The highest BCUT2D eigenvalue weighted by Crippen LogP contribution is 2.61. The van der Waals surface area contributed by atoms with E-state index in [0.717, 1.165) is 48.9 Å². The second kappa shape index (κ2) is 7.69. The molecule has 5 rings (SSSR count). The zero-order chi connectivity index (χ0) is 21.6. The Labute approximate surface area is 183 Å². The number of phenolic OH excluding ortho intramolecular Hbond substituents is 1. The van der Waals surface area contributed by atoms with E-state index in [2.05, 4.69) is 18.1 Å². The minimum absolute atomic E-state index is 0.00988. The average Bonchev–Trinajstić information content (AvgIpc) is 3.09. The van der Waals surface area contributed by atoms with Gasteiger partial charge in [-0.3, -0.25) is 0 Å². The molecule has 2 aromatic carbocycles. The lowest BCUT2D eigenvalue weighted by Gasteiger charge is -2.50. The summed E-state index contributed by atoms with van der Waals surface area (Å²) in [6.45, 7) is 2.59. The minimum atomic E-state index is -0.215. The number of hydrogen-bond acceptors (Lipinski definition) is 5. The lowest BCUT2D eigenvalue weighted by Crippen LogP contribution is -2.45. The molecule has 3 aliphatic carbocycles. The molecule has 0 spiro atoms. The van der Waals surface area contributed by atoms with Gasteiger partial charge in [0.05, 0.1) is 23.4 Å². The predicted octanol–water partition coefficient (Wildman–Crippen LogP) is 4.86. The third-order valence-electron chi connectivity index (χ3n) is 8.05. The number of rotatable bonds is 3. The van der Waals surface area contributed by atoms with Crippen molar-refractivity contribution >= 4 is 5.71 Å². The largest absolute Gasteiger partial charge is 0.508 e. The number of aliphatic hydroxyl groups excluding tert-OH is 1. The van der Waals surface area contributed by atoms with Gasteiger partial charge in [-0.15, -0.1) is 0 Å². The van der Waals surface area contributed by atoms with E-state index < -0.39 is 0 Å². The van der Waals surface area contributed by atoms with Gasteiger partial charge in [-0.25, -0.2) is 0 Å². The molecule has 160 valence electrons. The Morgan fingerprint density at radius 2 is 1.97 bits per heavy atom. The molecule has 5 heteroatoms. The van der Waals surface area contributed by atoms with Crippen LogP contribution in [0.3, 0.4) is 0 Å². The standard InChI is InChI=1S/C26H28N2O3/c1-26-11-10-20-19-7-6-18(29)12-22(19)24(13-21(20)23(26)8-9-25(26)30)28-31-15-17-4-2-16(14-27)3-5-17/h2-7,12,20-21,23,25,29-30H,8-11,13,15H2,1H3/b28-24+/t20-,21-,23+,25+,26+/m1/s1. The lowest BCUT2D eigenvalue weighted by atomic mass is 9.55. The van der Waals surface area contributed by atoms with Crippen molar-refractivity contribution in [3.05, 3.63) is 64.7 Å². The molecule has 0 heterocycles. The van der Waals surface area contributed by atoms with E-state index in [9.17, 15) is 10.2 Å². The predicted molar refractivity (Wildman–Crippen MR) is 118 cm³/mol. The second-order valence-electron chi connectivity index (χ2n) is 9.61. The molecular formula is C26H28N2O3. The van der Waals surface area contributed by atoms with Crippen LogP contribution in [0.4, 0.5) is 0 Å². The van der Waals surface area contributed by atoms with E-state index in [1.54, 1.807) is 18.2 Å². The molecule has 2 N–H and O–H groups in total. The number of fused-ring (bicyclic) bond motifs is 5. The van der Waals surface area contributed by atoms with Crippen LogP contribution in [-0.2, 0) is 11.4 Å². The van der Waals surface area contributed by atoms with Crippen molar-refractivity contribution in [3.8, 4) is 11.8 Å². The highest BCUT2D eigenvalue weighted by molar-refractivity contribution is 6.03. The van der Waals surface area contributed by atoms with Gasteiger partial charge in [0.2, 0.25) is 0 Å². The molecule has 0 saturated heterocycles. The number of oxime groups is 1. The fraction of sp³-hybridized carbons (Fsp3) is 0.462. The first-order valence-electron chi connectivity index (χ1n) is 11.2. The molecule has 0 amide bonds. The van der Waals surface area contributed by atoms with Gasteiger partial charge < -0.3 is 15.1 Å². The van der Waals surface area contributed by atoms with Crippen molar-refractivity contribution < 1.29 is 15.1 Å². The number of aromatic hydroxyl groups is 1. The lowest BCUT2D eigenvalue weighted by molar-refractivity contribution is -0.0179. The van der Waals surface area contributed by atoms with E-state index in [1.165, 1.54) is 5.56 Å². The second-order valence-corrected chi connectivity index (χ2v) is 9.61. The molecule has 3 aliphatic rings. The third-order valence-corrected chi connectivity index (χ3v) is 8.05. The maximum atomic E-state index is 10.7. The van der Waals surface area contributed by atoms with Gasteiger partial charge in [0.25, 0.3) is 0 Å². The molecule has 0 aromatic heterocycles. The monoisotopic (exact) mass is 416 g/mol. The quantitative estimate of drug-likeness (QED) is 0.700. The van der Waals surface area contributed by atoms with Crippen LogP contribution in [0.15, 0.2) is 47.6 Å². The maximum Gasteiger partial charge on any atom is 0.142 e. The van der Waals surface area contributed by atoms with Crippen LogP contribution in [0.25, 0.3) is 0 Å². The van der Waals surface area contributed by atoms with Gasteiger partial charge in [-0.1, -0.05) is 30.3 Å². The summed E-state index contributed by atoms with van der Waals surface area (Å²) >= 11 is 0. The fourth-order valence-corrected chi connectivity index (χ4v) is 6.33. The Hall–Kier alpha value is -2.84. The number of nitrogens with zero attached hydrogens (tertiary/aromatic N) is 2. The fourth-order valence-electron chi connectivity index (χ4n) is 6.33. The Kier molecular flexibility index (Phi) is 4.98. The summed E-state index contributed by atoms with van der Waals surface area (Å²) < 4.78 is 0. The average molecular weight is 417 g/mol. The Morgan fingerprint density at radius 3 is 2.74 bits per heavy atom. The molecule has 0 bridgehead atoms. The van der Waals surface area contributed by atoms with Crippen LogP contribution in [0.1, 0.15) is 67.2 Å².